The van der Waals surface area contributed by atoms with Crippen LogP contribution >= 0.6 is 11.8 Å². The van der Waals surface area contributed by atoms with Crippen molar-refractivity contribution in [2.45, 2.75) is 12.2 Å². The summed E-state index contributed by atoms with van der Waals surface area (Å²) in [5, 5.41) is 6.49. The summed E-state index contributed by atoms with van der Waals surface area (Å²) in [7, 11) is 3.88. The minimum atomic E-state index is 0.360. The van der Waals surface area contributed by atoms with E-state index in [0.717, 1.165) is 5.75 Å². The predicted octanol–water partition coefficient (Wildman–Crippen LogP) is 3.03. The van der Waals surface area contributed by atoms with E-state index < -0.39 is 0 Å². The highest BCUT2D eigenvalue weighted by Gasteiger charge is 2.07. The van der Waals surface area contributed by atoms with Crippen LogP contribution in [-0.4, -0.2) is 31.1 Å². The molecule has 82 valence electrons. The fourth-order valence-electron chi connectivity index (χ4n) is 1.24. The maximum Gasteiger partial charge on any atom is 0.0667 e. The Labute approximate surface area is 96.4 Å². The number of thioether (sulfide) groups is 1. The molecule has 0 saturated heterocycles. The molecule has 1 aromatic carbocycles. The molecular weight excluding hydrogens is 204 g/mol. The van der Waals surface area contributed by atoms with E-state index in [1.807, 2.05) is 43.1 Å². The highest BCUT2D eigenvalue weighted by atomic mass is 32.2. The molecule has 0 N–H and O–H groups in total. The van der Waals surface area contributed by atoms with Gasteiger partial charge < -0.3 is 5.01 Å². The van der Waals surface area contributed by atoms with Crippen molar-refractivity contribution in [1.82, 2.24) is 5.01 Å². The SMILES string of the molecule is CCSC(/C=N/N(C)C)c1ccccc1. The average molecular weight is 222 g/mol. The molecule has 15 heavy (non-hydrogen) atoms. The molecule has 1 atom stereocenters. The summed E-state index contributed by atoms with van der Waals surface area (Å²) in [4.78, 5) is 0. The van der Waals surface area contributed by atoms with Crippen molar-refractivity contribution in [3.63, 3.8) is 0 Å². The molecule has 0 bridgehead atoms. The second kappa shape index (κ2) is 6.51. The van der Waals surface area contributed by atoms with Crippen molar-refractivity contribution in [2.75, 3.05) is 19.8 Å². The number of hydrazone groups is 1. The van der Waals surface area contributed by atoms with Crippen LogP contribution in [0.15, 0.2) is 35.4 Å². The third-order valence-corrected chi connectivity index (χ3v) is 2.99. The van der Waals surface area contributed by atoms with E-state index in [0.29, 0.717) is 5.25 Å². The van der Waals surface area contributed by atoms with E-state index in [2.05, 4.69) is 36.3 Å². The summed E-state index contributed by atoms with van der Waals surface area (Å²) in [6.45, 7) is 2.17. The van der Waals surface area contributed by atoms with Gasteiger partial charge in [-0.2, -0.15) is 5.10 Å². The van der Waals surface area contributed by atoms with Crippen LogP contribution in [0.1, 0.15) is 17.7 Å². The molecule has 1 unspecified atom stereocenters. The van der Waals surface area contributed by atoms with Gasteiger partial charge in [0.1, 0.15) is 0 Å². The van der Waals surface area contributed by atoms with Gasteiger partial charge in [0.25, 0.3) is 0 Å². The van der Waals surface area contributed by atoms with Crippen molar-refractivity contribution in [3.8, 4) is 0 Å². The Morgan fingerprint density at radius 1 is 1.33 bits per heavy atom. The van der Waals surface area contributed by atoms with Crippen molar-refractivity contribution in [1.29, 1.82) is 0 Å². The Kier molecular flexibility index (Phi) is 5.26. The van der Waals surface area contributed by atoms with E-state index in [1.165, 1.54) is 5.56 Å². The number of rotatable bonds is 5. The van der Waals surface area contributed by atoms with Gasteiger partial charge in [-0.05, 0) is 11.3 Å². The fraction of sp³-hybridized carbons (Fsp3) is 0.417. The maximum absolute atomic E-state index is 4.31. The van der Waals surface area contributed by atoms with Crippen LogP contribution in [-0.2, 0) is 0 Å². The number of hydrogen-bond donors (Lipinski definition) is 0. The van der Waals surface area contributed by atoms with Crippen molar-refractivity contribution in [2.24, 2.45) is 5.10 Å². The number of hydrogen-bond acceptors (Lipinski definition) is 3. The monoisotopic (exact) mass is 222 g/mol. The van der Waals surface area contributed by atoms with Gasteiger partial charge in [0.15, 0.2) is 0 Å². The standard InChI is InChI=1S/C12H18N2S/c1-4-15-12(10-13-14(2)3)11-8-6-5-7-9-11/h5-10,12H,4H2,1-3H3/b13-10+. The zero-order valence-corrected chi connectivity index (χ0v) is 10.4. The minimum Gasteiger partial charge on any atom is -0.303 e. The number of benzene rings is 1. The molecule has 0 aromatic heterocycles. The van der Waals surface area contributed by atoms with Crippen molar-refractivity contribution >= 4 is 18.0 Å². The van der Waals surface area contributed by atoms with E-state index in [1.54, 1.807) is 0 Å². The van der Waals surface area contributed by atoms with E-state index in [4.69, 9.17) is 0 Å². The average Bonchev–Trinajstić information content (AvgIpc) is 2.25. The Morgan fingerprint density at radius 2 is 2.00 bits per heavy atom. The molecule has 1 rings (SSSR count). The first-order valence-corrected chi connectivity index (χ1v) is 6.17. The molecule has 0 spiro atoms. The molecule has 3 heteroatoms. The van der Waals surface area contributed by atoms with Crippen LogP contribution in [0.2, 0.25) is 0 Å². The van der Waals surface area contributed by atoms with E-state index in [9.17, 15) is 0 Å². The molecule has 0 saturated carbocycles. The normalized spacial score (nSPS) is 13.0. The maximum atomic E-state index is 4.31. The Morgan fingerprint density at radius 3 is 2.53 bits per heavy atom. The van der Waals surface area contributed by atoms with Gasteiger partial charge in [0.2, 0.25) is 0 Å². The largest absolute Gasteiger partial charge is 0.303 e. The Bertz CT molecular complexity index is 296. The molecule has 0 aliphatic carbocycles. The van der Waals surface area contributed by atoms with Gasteiger partial charge in [0, 0.05) is 20.3 Å². The predicted molar refractivity (Wildman–Crippen MR) is 69.5 cm³/mol. The van der Waals surface area contributed by atoms with Gasteiger partial charge >= 0.3 is 0 Å². The molecule has 0 amide bonds. The molecule has 0 aliphatic rings. The first kappa shape index (κ1) is 12.1. The smallest absolute Gasteiger partial charge is 0.0667 e. The van der Waals surface area contributed by atoms with Crippen molar-refractivity contribution < 1.29 is 0 Å². The lowest BCUT2D eigenvalue weighted by Gasteiger charge is -2.12. The zero-order chi connectivity index (χ0) is 11.1. The Balaban J connectivity index is 2.74. The topological polar surface area (TPSA) is 15.6 Å². The fourth-order valence-corrected chi connectivity index (χ4v) is 2.09. The summed E-state index contributed by atoms with van der Waals surface area (Å²) in [5.74, 6) is 1.10. The number of nitrogens with zero attached hydrogens (tertiary/aromatic N) is 2. The molecule has 0 radical (unpaired) electrons. The summed E-state index contributed by atoms with van der Waals surface area (Å²) in [6.07, 6.45) is 2.00. The second-order valence-electron chi connectivity index (χ2n) is 3.40. The molecule has 2 nitrogen and oxygen atoms in total. The third kappa shape index (κ3) is 4.38. The van der Waals surface area contributed by atoms with Crippen LogP contribution in [0.5, 0.6) is 0 Å². The van der Waals surface area contributed by atoms with Crippen LogP contribution in [0.25, 0.3) is 0 Å². The van der Waals surface area contributed by atoms with Crippen molar-refractivity contribution in [3.05, 3.63) is 35.9 Å². The third-order valence-electron chi connectivity index (χ3n) is 1.91. The van der Waals surface area contributed by atoms with Crippen LogP contribution in [0.4, 0.5) is 0 Å². The molecule has 0 aliphatic heterocycles. The summed E-state index contributed by atoms with van der Waals surface area (Å²) >= 11 is 1.90. The molecular formula is C12H18N2S. The van der Waals surface area contributed by atoms with Gasteiger partial charge in [-0.1, -0.05) is 37.3 Å². The summed E-state index contributed by atoms with van der Waals surface area (Å²) in [6, 6.07) is 10.5. The zero-order valence-electron chi connectivity index (χ0n) is 9.55. The highest BCUT2D eigenvalue weighted by molar-refractivity contribution is 8.00. The second-order valence-corrected chi connectivity index (χ2v) is 4.82. The lowest BCUT2D eigenvalue weighted by Crippen LogP contribution is -2.05. The highest BCUT2D eigenvalue weighted by Crippen LogP contribution is 2.26. The first-order valence-electron chi connectivity index (χ1n) is 5.12. The van der Waals surface area contributed by atoms with E-state index in [-0.39, 0.29) is 0 Å². The molecule has 1 aromatic rings. The quantitative estimate of drug-likeness (QED) is 0.562. The van der Waals surface area contributed by atoms with Gasteiger partial charge in [0.05, 0.1) is 5.25 Å². The summed E-state index contributed by atoms with van der Waals surface area (Å²) in [5.41, 5.74) is 1.31. The van der Waals surface area contributed by atoms with Crippen LogP contribution < -0.4 is 0 Å². The Hall–Kier alpha value is -0.960. The summed E-state index contributed by atoms with van der Waals surface area (Å²) < 4.78 is 0. The molecule has 0 fully saturated rings. The first-order chi connectivity index (χ1) is 7.24. The lowest BCUT2D eigenvalue weighted by atomic mass is 10.2. The lowest BCUT2D eigenvalue weighted by molar-refractivity contribution is 0.439. The van der Waals surface area contributed by atoms with Gasteiger partial charge in [-0.15, -0.1) is 11.8 Å². The molecule has 0 heterocycles. The van der Waals surface area contributed by atoms with Gasteiger partial charge in [-0.3, -0.25) is 0 Å². The van der Waals surface area contributed by atoms with Crippen LogP contribution in [0, 0.1) is 0 Å². The van der Waals surface area contributed by atoms with E-state index >= 15 is 0 Å². The van der Waals surface area contributed by atoms with Crippen LogP contribution in [0.3, 0.4) is 0 Å². The van der Waals surface area contributed by atoms with Gasteiger partial charge in [-0.25, -0.2) is 0 Å². The minimum absolute atomic E-state index is 0.360.